The number of H-pyrrole nitrogens is 1. The number of phenolic OH excluding ortho intramolecular Hbond substituents is 1. The van der Waals surface area contributed by atoms with E-state index in [1.807, 2.05) is 12.1 Å². The first kappa shape index (κ1) is 13.9. The van der Waals surface area contributed by atoms with Crippen molar-refractivity contribution in [1.82, 2.24) is 9.97 Å². The number of carbonyl (C=O) groups is 1. The molecule has 0 saturated heterocycles. The summed E-state index contributed by atoms with van der Waals surface area (Å²) in [6.45, 7) is 1.46. The van der Waals surface area contributed by atoms with Crippen molar-refractivity contribution < 1.29 is 14.6 Å². The summed E-state index contributed by atoms with van der Waals surface area (Å²) in [6, 6.07) is 10.3. The summed E-state index contributed by atoms with van der Waals surface area (Å²) in [5.41, 5.74) is 3.03. The zero-order valence-corrected chi connectivity index (χ0v) is 12.2. The van der Waals surface area contributed by atoms with Gasteiger partial charge in [0, 0.05) is 18.7 Å². The van der Waals surface area contributed by atoms with Crippen molar-refractivity contribution in [1.29, 1.82) is 0 Å². The van der Waals surface area contributed by atoms with Crippen molar-refractivity contribution >= 4 is 22.6 Å². The van der Waals surface area contributed by atoms with Crippen LogP contribution in [0.1, 0.15) is 6.92 Å². The van der Waals surface area contributed by atoms with E-state index in [1.54, 1.807) is 18.2 Å². The zero-order chi connectivity index (χ0) is 15.7. The number of imidazole rings is 1. The van der Waals surface area contributed by atoms with E-state index in [9.17, 15) is 9.90 Å². The summed E-state index contributed by atoms with van der Waals surface area (Å²) in [7, 11) is 1.54. The third kappa shape index (κ3) is 2.58. The molecule has 0 spiro atoms. The molecule has 0 unspecified atom stereocenters. The van der Waals surface area contributed by atoms with Crippen molar-refractivity contribution in [2.45, 2.75) is 6.92 Å². The maximum absolute atomic E-state index is 11.1. The minimum atomic E-state index is -0.126. The monoisotopic (exact) mass is 297 g/mol. The molecule has 3 aromatic rings. The molecule has 0 aliphatic heterocycles. The number of nitrogens with one attached hydrogen (secondary N) is 2. The van der Waals surface area contributed by atoms with Gasteiger partial charge in [-0.05, 0) is 30.3 Å². The highest BCUT2D eigenvalue weighted by Crippen LogP contribution is 2.32. The summed E-state index contributed by atoms with van der Waals surface area (Å²) < 4.78 is 5.28. The maximum Gasteiger partial charge on any atom is 0.221 e. The Balaban J connectivity index is 2.07. The minimum absolute atomic E-state index is 0.126. The molecule has 0 fully saturated rings. The molecule has 3 rings (SSSR count). The molecule has 6 heteroatoms. The van der Waals surface area contributed by atoms with Gasteiger partial charge in [0.05, 0.1) is 23.7 Å². The van der Waals surface area contributed by atoms with Crippen LogP contribution in [0.25, 0.3) is 22.4 Å². The fourth-order valence-electron chi connectivity index (χ4n) is 2.29. The number of aromatic nitrogens is 2. The highest BCUT2D eigenvalue weighted by atomic mass is 16.5. The summed E-state index contributed by atoms with van der Waals surface area (Å²) in [6.07, 6.45) is 0. The van der Waals surface area contributed by atoms with Crippen LogP contribution in [0.15, 0.2) is 36.4 Å². The van der Waals surface area contributed by atoms with Crippen molar-refractivity contribution in [3.63, 3.8) is 0 Å². The molecule has 0 radical (unpaired) electrons. The number of fused-ring (bicyclic) bond motifs is 1. The number of methoxy groups -OCH3 is 1. The third-order valence-corrected chi connectivity index (χ3v) is 3.24. The van der Waals surface area contributed by atoms with E-state index in [0.717, 1.165) is 16.6 Å². The highest BCUT2D eigenvalue weighted by molar-refractivity contribution is 5.92. The van der Waals surface area contributed by atoms with Gasteiger partial charge >= 0.3 is 0 Å². The molecule has 0 aliphatic rings. The van der Waals surface area contributed by atoms with E-state index in [0.29, 0.717) is 17.3 Å². The summed E-state index contributed by atoms with van der Waals surface area (Å²) >= 11 is 0. The highest BCUT2D eigenvalue weighted by Gasteiger charge is 2.12. The first-order valence-corrected chi connectivity index (χ1v) is 6.71. The lowest BCUT2D eigenvalue weighted by molar-refractivity contribution is -0.114. The summed E-state index contributed by atoms with van der Waals surface area (Å²) in [5, 5.41) is 12.3. The molecule has 2 aromatic carbocycles. The third-order valence-electron chi connectivity index (χ3n) is 3.24. The second-order valence-corrected chi connectivity index (χ2v) is 4.88. The number of benzene rings is 2. The lowest BCUT2D eigenvalue weighted by Crippen LogP contribution is -2.05. The van der Waals surface area contributed by atoms with Gasteiger partial charge in [0.2, 0.25) is 5.91 Å². The molecule has 0 bridgehead atoms. The number of aromatic hydroxyl groups is 1. The van der Waals surface area contributed by atoms with Crippen LogP contribution in [0.2, 0.25) is 0 Å². The molecule has 22 heavy (non-hydrogen) atoms. The molecule has 0 saturated carbocycles. The zero-order valence-electron chi connectivity index (χ0n) is 12.2. The molecule has 6 nitrogen and oxygen atoms in total. The van der Waals surface area contributed by atoms with Crippen molar-refractivity contribution in [3.8, 4) is 22.9 Å². The number of nitrogens with zero attached hydrogens (tertiary/aromatic N) is 1. The molecule has 0 atom stereocenters. The van der Waals surface area contributed by atoms with E-state index in [2.05, 4.69) is 15.3 Å². The Kier molecular flexibility index (Phi) is 3.42. The van der Waals surface area contributed by atoms with E-state index in [-0.39, 0.29) is 11.7 Å². The van der Waals surface area contributed by atoms with Crippen LogP contribution in [0.5, 0.6) is 11.5 Å². The Bertz CT molecular complexity index is 855. The number of amides is 1. The van der Waals surface area contributed by atoms with Gasteiger partial charge in [0.25, 0.3) is 0 Å². The minimum Gasteiger partial charge on any atom is -0.508 e. The molecule has 1 amide bonds. The van der Waals surface area contributed by atoms with E-state index in [1.165, 1.54) is 20.1 Å². The number of aromatic amines is 1. The van der Waals surface area contributed by atoms with Gasteiger partial charge in [0.1, 0.15) is 17.3 Å². The summed E-state index contributed by atoms with van der Waals surface area (Å²) in [4.78, 5) is 18.8. The molecule has 1 heterocycles. The predicted octanol–water partition coefficient (Wildman–Crippen LogP) is 2.90. The van der Waals surface area contributed by atoms with Crippen LogP contribution in [-0.2, 0) is 4.79 Å². The van der Waals surface area contributed by atoms with Crippen LogP contribution >= 0.6 is 0 Å². The number of carbonyl (C=O) groups excluding carboxylic acids is 1. The average Bonchev–Trinajstić information content (AvgIpc) is 2.89. The van der Waals surface area contributed by atoms with Gasteiger partial charge in [0.15, 0.2) is 0 Å². The van der Waals surface area contributed by atoms with Crippen LogP contribution in [-0.4, -0.2) is 28.1 Å². The van der Waals surface area contributed by atoms with E-state index < -0.39 is 0 Å². The fraction of sp³-hybridized carbons (Fsp3) is 0.125. The number of anilines is 1. The Hall–Kier alpha value is -3.02. The Morgan fingerprint density at radius 1 is 1.27 bits per heavy atom. The number of hydrogen-bond acceptors (Lipinski definition) is 4. The number of phenols is 1. The second-order valence-electron chi connectivity index (χ2n) is 4.88. The first-order valence-electron chi connectivity index (χ1n) is 6.71. The molecular formula is C16H15N3O3. The molecular weight excluding hydrogens is 282 g/mol. The van der Waals surface area contributed by atoms with Gasteiger partial charge in [-0.1, -0.05) is 0 Å². The smallest absolute Gasteiger partial charge is 0.221 e. The van der Waals surface area contributed by atoms with Crippen LogP contribution < -0.4 is 10.1 Å². The Morgan fingerprint density at radius 2 is 2.09 bits per heavy atom. The predicted molar refractivity (Wildman–Crippen MR) is 84.1 cm³/mol. The van der Waals surface area contributed by atoms with Crippen molar-refractivity contribution in [2.24, 2.45) is 0 Å². The van der Waals surface area contributed by atoms with Gasteiger partial charge < -0.3 is 20.1 Å². The lowest BCUT2D eigenvalue weighted by Gasteiger charge is -2.06. The number of hydrogen-bond donors (Lipinski definition) is 3. The van der Waals surface area contributed by atoms with Gasteiger partial charge in [-0.15, -0.1) is 0 Å². The molecule has 112 valence electrons. The fourth-order valence-corrected chi connectivity index (χ4v) is 2.29. The largest absolute Gasteiger partial charge is 0.508 e. The van der Waals surface area contributed by atoms with Crippen LogP contribution in [0, 0.1) is 0 Å². The molecule has 0 aliphatic carbocycles. The Labute approximate surface area is 126 Å². The van der Waals surface area contributed by atoms with Crippen LogP contribution in [0.3, 0.4) is 0 Å². The Morgan fingerprint density at radius 3 is 2.82 bits per heavy atom. The maximum atomic E-state index is 11.1. The normalized spacial score (nSPS) is 10.6. The number of rotatable bonds is 3. The standard InChI is InChI=1S/C16H15N3O3/c1-9(20)17-10-3-6-13-14(7-10)19-16(18-13)12-5-4-11(21)8-15(12)22-2/h3-8,21H,1-2H3,(H,17,20)(H,18,19). The summed E-state index contributed by atoms with van der Waals surface area (Å²) in [5.74, 6) is 1.16. The molecule has 3 N–H and O–H groups in total. The SMILES string of the molecule is COc1cc(O)ccc1-c1nc2ccc(NC(C)=O)cc2[nH]1. The lowest BCUT2D eigenvalue weighted by atomic mass is 10.2. The van der Waals surface area contributed by atoms with Gasteiger partial charge in [-0.2, -0.15) is 0 Å². The van der Waals surface area contributed by atoms with E-state index in [4.69, 9.17) is 4.74 Å². The second kappa shape index (κ2) is 5.40. The quantitative estimate of drug-likeness (QED) is 0.693. The molecule has 1 aromatic heterocycles. The van der Waals surface area contributed by atoms with Crippen LogP contribution in [0.4, 0.5) is 5.69 Å². The first-order chi connectivity index (χ1) is 10.6. The number of ether oxygens (including phenoxy) is 1. The van der Waals surface area contributed by atoms with Crippen molar-refractivity contribution in [2.75, 3.05) is 12.4 Å². The van der Waals surface area contributed by atoms with Gasteiger partial charge in [-0.25, -0.2) is 4.98 Å². The average molecular weight is 297 g/mol. The van der Waals surface area contributed by atoms with Crippen molar-refractivity contribution in [3.05, 3.63) is 36.4 Å². The van der Waals surface area contributed by atoms with E-state index >= 15 is 0 Å². The topological polar surface area (TPSA) is 87.2 Å². The van der Waals surface area contributed by atoms with Gasteiger partial charge in [-0.3, -0.25) is 4.79 Å².